The highest BCUT2D eigenvalue weighted by Crippen LogP contribution is 2.24. The van der Waals surface area contributed by atoms with Gasteiger partial charge < -0.3 is 96.2 Å². The lowest BCUT2D eigenvalue weighted by Gasteiger charge is -2.31. The molecule has 112 heavy (non-hydrogen) atoms. The van der Waals surface area contributed by atoms with Gasteiger partial charge in [-0.1, -0.05) is 147 Å². The number of morpholine rings is 1. The van der Waals surface area contributed by atoms with Crippen molar-refractivity contribution in [3.8, 4) is 0 Å². The molecule has 2 saturated heterocycles. The van der Waals surface area contributed by atoms with Crippen molar-refractivity contribution in [3.05, 3.63) is 184 Å². The zero-order valence-corrected chi connectivity index (χ0v) is 63.5. The Labute approximate surface area is 654 Å². The highest BCUT2D eigenvalue weighted by molar-refractivity contribution is 6.30. The number of urea groups is 2. The van der Waals surface area contributed by atoms with Crippen LogP contribution in [-0.2, 0) is 91.3 Å². The number of benzene rings is 6. The van der Waals surface area contributed by atoms with E-state index >= 15 is 9.59 Å². The molecule has 0 aromatic heterocycles. The summed E-state index contributed by atoms with van der Waals surface area (Å²) >= 11 is 6.26. The van der Waals surface area contributed by atoms with E-state index in [1.165, 1.54) is 36.1 Å². The Morgan fingerprint density at radius 1 is 0.509 bits per heavy atom. The number of anilines is 1. The second-order valence-corrected chi connectivity index (χ2v) is 28.7. The second-order valence-electron chi connectivity index (χ2n) is 28.3. The minimum Gasteiger partial charge on any atom is -0.394 e. The van der Waals surface area contributed by atoms with Gasteiger partial charge in [-0.15, -0.1) is 0 Å². The summed E-state index contributed by atoms with van der Waals surface area (Å²) in [6.07, 6.45) is -0.172. The lowest BCUT2D eigenvalue weighted by Crippen LogP contribution is -2.62. The van der Waals surface area contributed by atoms with Gasteiger partial charge in [0.25, 0.3) is 0 Å². The molecule has 6 aromatic carbocycles. The monoisotopic (exact) mass is 1560 g/mol. The van der Waals surface area contributed by atoms with Gasteiger partial charge in [0, 0.05) is 75.5 Å². The van der Waals surface area contributed by atoms with E-state index in [1.807, 2.05) is 42.5 Å². The minimum absolute atomic E-state index is 0.00521. The molecule has 14 amide bonds. The highest BCUT2D eigenvalue weighted by atomic mass is 35.5. The van der Waals surface area contributed by atoms with Crippen molar-refractivity contribution >= 4 is 105 Å². The van der Waals surface area contributed by atoms with Crippen molar-refractivity contribution in [1.82, 2.24) is 63.0 Å². The molecule has 21 N–H and O–H groups in total. The molecular weight excluding hydrogens is 1460 g/mol. The number of nitrogens with two attached hydrogens (primary N) is 4. The number of fused-ring (bicyclic) bond motifs is 1. The number of guanidine groups is 1. The van der Waals surface area contributed by atoms with Crippen molar-refractivity contribution in [2.24, 2.45) is 28.9 Å². The molecule has 33 heteroatoms. The summed E-state index contributed by atoms with van der Waals surface area (Å²) in [6.45, 7) is 7.29. The van der Waals surface area contributed by atoms with Crippen LogP contribution in [0.4, 0.5) is 15.3 Å². The average Bonchev–Trinajstić information content (AvgIpc) is 1.59. The predicted octanol–water partition coefficient (Wildman–Crippen LogP) is 1.04. The largest absolute Gasteiger partial charge is 0.394 e. The third-order valence-electron chi connectivity index (χ3n) is 19.1. The van der Waals surface area contributed by atoms with Gasteiger partial charge in [0.05, 0.1) is 19.8 Å². The van der Waals surface area contributed by atoms with Crippen LogP contribution in [0.25, 0.3) is 10.8 Å². The van der Waals surface area contributed by atoms with E-state index < -0.39 is 138 Å². The number of aliphatic hydroxyl groups excluding tert-OH is 1. The third kappa shape index (κ3) is 26.8. The number of rotatable bonds is 39. The van der Waals surface area contributed by atoms with E-state index in [1.54, 1.807) is 92.7 Å². The van der Waals surface area contributed by atoms with Crippen LogP contribution in [0.5, 0.6) is 0 Å². The van der Waals surface area contributed by atoms with Crippen LogP contribution in [0, 0.1) is 11.3 Å². The molecule has 6 aromatic rings. The minimum atomic E-state index is -1.86. The molecule has 2 heterocycles. The number of hydrogen-bond acceptors (Lipinski definition) is 16. The maximum absolute atomic E-state index is 15.4. The predicted molar refractivity (Wildman–Crippen MR) is 420 cm³/mol. The summed E-state index contributed by atoms with van der Waals surface area (Å²) in [5.41, 5.74) is 25.9. The number of aliphatic hydroxyl groups is 1. The quantitative estimate of drug-likeness (QED) is 0.0146. The van der Waals surface area contributed by atoms with Crippen LogP contribution in [0.1, 0.15) is 86.3 Å². The van der Waals surface area contributed by atoms with Crippen molar-refractivity contribution in [2.45, 2.75) is 152 Å². The lowest BCUT2D eigenvalue weighted by molar-refractivity contribution is -0.142. The molecule has 0 unspecified atom stereocenters. The zero-order valence-electron chi connectivity index (χ0n) is 62.8. The van der Waals surface area contributed by atoms with E-state index in [0.717, 1.165) is 16.3 Å². The maximum atomic E-state index is 15.4. The van der Waals surface area contributed by atoms with Crippen LogP contribution in [0.15, 0.2) is 146 Å². The Hall–Kier alpha value is -11.7. The van der Waals surface area contributed by atoms with E-state index in [4.69, 9.17) is 44.7 Å². The molecule has 0 bridgehead atoms. The number of halogens is 1. The lowest BCUT2D eigenvalue weighted by atomic mass is 9.97. The number of nitrogens with zero attached hydrogens (tertiary/aromatic N) is 2. The Bertz CT molecular complexity index is 4260. The molecule has 0 radical (unpaired) electrons. The Kier molecular flexibility index (Phi) is 32.5. The van der Waals surface area contributed by atoms with Crippen molar-refractivity contribution in [3.63, 3.8) is 0 Å². The SMILES string of the molecule is CC(C)C[C@H](NC(=O)[C@@H](Cc1ccc(CN2CCOCC2)cc1)NC(=O)[C@H](Cc1ccc(NC(N)=O)cc1)NC(=O)[C@H](CO)NC(=O)[C@@H](Cc1ccccc1)NC(=O)[C@@H](Cc1ccc(Cl)cc1)NC(=O)[C@@H](Cc1cccc2ccccc12)NC(N)=O)C(=O)N[C@@H](CCCNC(=N)N)C(=O)N1CCC[C@H]1C(=O)N[C@H](C)C(N)=O. The van der Waals surface area contributed by atoms with Gasteiger partial charge in [0.2, 0.25) is 59.1 Å². The van der Waals surface area contributed by atoms with E-state index in [-0.39, 0.29) is 88.4 Å². The number of ether oxygens (including phenoxy) is 1. The average molecular weight is 1560 g/mol. The summed E-state index contributed by atoms with van der Waals surface area (Å²) in [5, 5.41) is 50.2. The summed E-state index contributed by atoms with van der Waals surface area (Å²) in [7, 11) is 0. The van der Waals surface area contributed by atoms with Gasteiger partial charge in [-0.05, 0) is 113 Å². The van der Waals surface area contributed by atoms with Gasteiger partial charge >= 0.3 is 12.1 Å². The van der Waals surface area contributed by atoms with Gasteiger partial charge in [-0.25, -0.2) is 9.59 Å². The highest BCUT2D eigenvalue weighted by Gasteiger charge is 2.41. The Morgan fingerprint density at radius 3 is 1.50 bits per heavy atom. The van der Waals surface area contributed by atoms with E-state index in [2.05, 4.69) is 63.4 Å². The number of likely N-dealkylation sites (tertiary alicyclic amines) is 1. The van der Waals surface area contributed by atoms with Gasteiger partial charge in [-0.2, -0.15) is 0 Å². The molecule has 2 aliphatic heterocycles. The van der Waals surface area contributed by atoms with Crippen LogP contribution >= 0.6 is 11.6 Å². The second kappa shape index (κ2) is 42.4. The Balaban J connectivity index is 1.08. The molecular formula is C79H101ClN18O14. The number of amides is 14. The van der Waals surface area contributed by atoms with Crippen LogP contribution in [0.3, 0.4) is 0 Å². The first-order chi connectivity index (χ1) is 53.6. The number of nitrogens with one attached hydrogen (secondary N) is 12. The van der Waals surface area contributed by atoms with E-state index in [9.17, 15) is 53.1 Å². The molecule has 10 atom stereocenters. The fourth-order valence-corrected chi connectivity index (χ4v) is 13.4. The standard InChI is InChI=1S/C79H101ClN18O14/c1-46(2)38-59(68(101)89-58(18-10-32-86-77(82)83)76(109)98-33-11-19-66(98)75(108)87-47(3)67(81)100)90-69(102)61(40-49-20-22-52(23-21-49)44-97-34-36-112-37-35-97)92-71(104)63(42-51-26-30-56(31-27-51)88-78(84)110)94-74(107)65(45-99)95-72(105)60(39-48-12-5-4-6-13-48)91-70(103)62(41-50-24-28-55(80)29-25-50)93-73(106)64(96-79(85)111)43-54-16-9-15-53-14-7-8-17-57(53)54/h4-9,12-17,20-31,46-47,58-66,99H,10-11,18-19,32-45H2,1-3H3,(H2,81,100)(H,87,108)(H,89,101)(H,90,102)(H,91,103)(H,92,104)(H,93,106)(H,94,107)(H,95,105)(H4,82,83,86)(H3,84,88,110)(H3,85,96,111)/t47-,58+,59+,60-,61-,62-,63+,64-,65+,66+/m1/s1. The van der Waals surface area contributed by atoms with Crippen LogP contribution < -0.4 is 81.4 Å². The fraction of sp³-hybridized carbons (Fsp3) is 0.405. The number of carbonyl (C=O) groups is 12. The Morgan fingerprint density at radius 2 is 0.973 bits per heavy atom. The molecule has 2 fully saturated rings. The number of carbonyl (C=O) groups excluding carboxylic acids is 12. The molecule has 598 valence electrons. The van der Waals surface area contributed by atoms with Crippen LogP contribution in [0.2, 0.25) is 5.02 Å². The van der Waals surface area contributed by atoms with Crippen molar-refractivity contribution < 1.29 is 67.4 Å². The first-order valence-corrected chi connectivity index (χ1v) is 37.5. The van der Waals surface area contributed by atoms with Gasteiger partial charge in [0.1, 0.15) is 60.4 Å². The summed E-state index contributed by atoms with van der Waals surface area (Å²) in [5.74, 6) is -9.15. The normalized spacial score (nSPS) is 15.9. The number of primary amides is 3. The molecule has 0 spiro atoms. The summed E-state index contributed by atoms with van der Waals surface area (Å²) in [4.78, 5) is 173. The van der Waals surface area contributed by atoms with Crippen molar-refractivity contribution in [2.75, 3.05) is 51.3 Å². The van der Waals surface area contributed by atoms with Crippen molar-refractivity contribution in [1.29, 1.82) is 5.41 Å². The third-order valence-corrected chi connectivity index (χ3v) is 19.4. The first kappa shape index (κ1) is 85.9. The summed E-state index contributed by atoms with van der Waals surface area (Å²) < 4.78 is 5.55. The molecule has 8 rings (SSSR count). The summed E-state index contributed by atoms with van der Waals surface area (Å²) in [6, 6.07) is 25.2. The molecule has 32 nitrogen and oxygen atoms in total. The first-order valence-electron chi connectivity index (χ1n) is 37.2. The number of hydrogen-bond donors (Lipinski definition) is 17. The molecule has 0 saturated carbocycles. The molecule has 0 aliphatic carbocycles. The van der Waals surface area contributed by atoms with Crippen LogP contribution in [-0.4, -0.2) is 198 Å². The zero-order chi connectivity index (χ0) is 81.0. The molecule has 2 aliphatic rings. The van der Waals surface area contributed by atoms with Gasteiger partial charge in [-0.3, -0.25) is 58.3 Å². The smallest absolute Gasteiger partial charge is 0.316 e. The van der Waals surface area contributed by atoms with Gasteiger partial charge in [0.15, 0.2) is 5.96 Å². The topological polar surface area (TPSA) is 501 Å². The fourth-order valence-electron chi connectivity index (χ4n) is 13.2. The van der Waals surface area contributed by atoms with E-state index in [0.29, 0.717) is 72.1 Å². The maximum Gasteiger partial charge on any atom is 0.316 e.